The smallest absolute Gasteiger partial charge is 0.414 e. The minimum Gasteiger partial charge on any atom is -0.481 e. The molecule has 1 aliphatic carbocycles. The molecule has 1 aliphatic rings. The van der Waals surface area contributed by atoms with E-state index in [0.29, 0.717) is 24.2 Å². The van der Waals surface area contributed by atoms with E-state index in [4.69, 9.17) is 4.74 Å². The van der Waals surface area contributed by atoms with Gasteiger partial charge in [0, 0.05) is 38.8 Å². The molecule has 0 saturated heterocycles. The Morgan fingerprint density at radius 1 is 1.31 bits per heavy atom. The van der Waals surface area contributed by atoms with Crippen LogP contribution in [0.5, 0.6) is 0 Å². The van der Waals surface area contributed by atoms with Gasteiger partial charge in [0.25, 0.3) is 0 Å². The quantitative estimate of drug-likeness (QED) is 0.707. The second-order valence-electron chi connectivity index (χ2n) is 6.60. The topological polar surface area (TPSA) is 105 Å². The van der Waals surface area contributed by atoms with Gasteiger partial charge in [-0.15, -0.1) is 0 Å². The lowest BCUT2D eigenvalue weighted by molar-refractivity contribution is -0.140. The lowest BCUT2D eigenvalue weighted by Gasteiger charge is -2.22. The summed E-state index contributed by atoms with van der Waals surface area (Å²) < 4.78 is 43.2. The summed E-state index contributed by atoms with van der Waals surface area (Å²) in [6.45, 7) is -0.149. The molecule has 1 aromatic rings. The Labute approximate surface area is 165 Å². The number of carboxylic acids is 1. The third-order valence-electron chi connectivity index (χ3n) is 4.13. The number of ether oxygens (including phenoxy) is 1. The number of carbonyl (C=O) groups excluding carboxylic acids is 1. The fourth-order valence-electron chi connectivity index (χ4n) is 2.65. The number of nitrogens with zero attached hydrogens (tertiary/aromatic N) is 3. The number of alkyl halides is 3. The first-order chi connectivity index (χ1) is 13.6. The average molecular weight is 414 g/mol. The van der Waals surface area contributed by atoms with Crippen molar-refractivity contribution in [3.63, 3.8) is 0 Å². The molecule has 0 aliphatic heterocycles. The molecular formula is C18H21F3N4O4. The minimum absolute atomic E-state index is 0.0591. The van der Waals surface area contributed by atoms with Crippen LogP contribution in [0.3, 0.4) is 0 Å². The Bertz CT molecular complexity index is 822. The van der Waals surface area contributed by atoms with Gasteiger partial charge in [0.05, 0.1) is 12.3 Å². The van der Waals surface area contributed by atoms with E-state index in [1.54, 1.807) is 20.2 Å². The van der Waals surface area contributed by atoms with Crippen LogP contribution < -0.4 is 5.32 Å². The van der Waals surface area contributed by atoms with E-state index in [9.17, 15) is 27.9 Å². The number of hydrogen-bond acceptors (Lipinski definition) is 6. The standard InChI is InChI=1S/C18H21F3N4O4/c1-25(2)17(28)29-13-5-3-11(4-6-13)14(16(26)27)9-23-15-12(7-18(19,20)21)8-22-10-24-15/h3,5,8,10,14H,4,6-7,9H2,1-2H3,(H,26,27)(H,22,23,24). The van der Waals surface area contributed by atoms with Crippen molar-refractivity contribution in [2.75, 3.05) is 26.0 Å². The molecule has 0 radical (unpaired) electrons. The normalized spacial score (nSPS) is 15.1. The molecule has 0 aromatic carbocycles. The van der Waals surface area contributed by atoms with Gasteiger partial charge in [-0.05, 0) is 12.5 Å². The molecule has 1 unspecified atom stereocenters. The lowest BCUT2D eigenvalue weighted by Crippen LogP contribution is -2.27. The van der Waals surface area contributed by atoms with E-state index in [1.807, 2.05) is 0 Å². The Morgan fingerprint density at radius 3 is 2.59 bits per heavy atom. The first-order valence-electron chi connectivity index (χ1n) is 8.68. The van der Waals surface area contributed by atoms with Crippen LogP contribution in [0.2, 0.25) is 0 Å². The van der Waals surface area contributed by atoms with Crippen molar-refractivity contribution < 1.29 is 32.6 Å². The molecule has 158 valence electrons. The summed E-state index contributed by atoms with van der Waals surface area (Å²) in [6.07, 6.45) is -0.310. The summed E-state index contributed by atoms with van der Waals surface area (Å²) in [7, 11) is 3.08. The van der Waals surface area contributed by atoms with Crippen LogP contribution in [0, 0.1) is 5.92 Å². The summed E-state index contributed by atoms with van der Waals surface area (Å²) in [5.41, 5.74) is 0.389. The number of rotatable bonds is 7. The lowest BCUT2D eigenvalue weighted by atomic mass is 9.91. The van der Waals surface area contributed by atoms with Gasteiger partial charge in [0.15, 0.2) is 0 Å². The van der Waals surface area contributed by atoms with Gasteiger partial charge >= 0.3 is 18.2 Å². The zero-order valence-corrected chi connectivity index (χ0v) is 15.9. The number of aliphatic carboxylic acids is 1. The highest BCUT2D eigenvalue weighted by molar-refractivity contribution is 5.75. The van der Waals surface area contributed by atoms with Crippen LogP contribution in [0.4, 0.5) is 23.8 Å². The molecular weight excluding hydrogens is 393 g/mol. The maximum Gasteiger partial charge on any atom is 0.414 e. The maximum atomic E-state index is 12.7. The van der Waals surface area contributed by atoms with Gasteiger partial charge in [-0.3, -0.25) is 4.79 Å². The van der Waals surface area contributed by atoms with Gasteiger partial charge in [-0.25, -0.2) is 14.8 Å². The molecule has 0 fully saturated rings. The molecule has 0 spiro atoms. The molecule has 11 heteroatoms. The van der Waals surface area contributed by atoms with Gasteiger partial charge in [-0.1, -0.05) is 11.6 Å². The number of halogens is 3. The van der Waals surface area contributed by atoms with Crippen molar-refractivity contribution >= 4 is 17.9 Å². The van der Waals surface area contributed by atoms with Crippen molar-refractivity contribution in [3.8, 4) is 0 Å². The van der Waals surface area contributed by atoms with Crippen LogP contribution in [-0.4, -0.2) is 58.9 Å². The zero-order valence-electron chi connectivity index (χ0n) is 15.9. The average Bonchev–Trinajstić information content (AvgIpc) is 2.63. The van der Waals surface area contributed by atoms with Crippen LogP contribution in [0.1, 0.15) is 18.4 Å². The maximum absolute atomic E-state index is 12.7. The second-order valence-corrected chi connectivity index (χ2v) is 6.60. The molecule has 1 aromatic heterocycles. The van der Waals surface area contributed by atoms with E-state index in [2.05, 4.69) is 15.3 Å². The highest BCUT2D eigenvalue weighted by atomic mass is 19.4. The minimum atomic E-state index is -4.44. The highest BCUT2D eigenvalue weighted by Crippen LogP contribution is 2.28. The van der Waals surface area contributed by atoms with E-state index in [0.717, 1.165) is 12.5 Å². The first-order valence-corrected chi connectivity index (χ1v) is 8.68. The predicted octanol–water partition coefficient (Wildman–Crippen LogP) is 3.00. The number of hydrogen-bond donors (Lipinski definition) is 2. The zero-order chi connectivity index (χ0) is 21.6. The van der Waals surface area contributed by atoms with Gasteiger partial charge < -0.3 is 20.1 Å². The Balaban J connectivity index is 2.09. The summed E-state index contributed by atoms with van der Waals surface area (Å²) in [4.78, 5) is 31.9. The number of aromatic nitrogens is 2. The Hall–Kier alpha value is -3.11. The molecule has 0 bridgehead atoms. The van der Waals surface area contributed by atoms with Crippen LogP contribution in [0.25, 0.3) is 0 Å². The van der Waals surface area contributed by atoms with Gasteiger partial charge in [0.1, 0.15) is 17.9 Å². The van der Waals surface area contributed by atoms with Crippen molar-refractivity contribution in [1.82, 2.24) is 14.9 Å². The molecule has 8 nitrogen and oxygen atoms in total. The van der Waals surface area contributed by atoms with E-state index >= 15 is 0 Å². The Kier molecular flexibility index (Phi) is 7.18. The molecule has 1 amide bonds. The van der Waals surface area contributed by atoms with E-state index < -0.39 is 30.6 Å². The van der Waals surface area contributed by atoms with E-state index in [1.165, 1.54) is 11.0 Å². The first kappa shape index (κ1) is 22.2. The third-order valence-corrected chi connectivity index (χ3v) is 4.13. The molecule has 1 atom stereocenters. The van der Waals surface area contributed by atoms with Crippen LogP contribution in [0.15, 0.2) is 36.0 Å². The molecule has 2 N–H and O–H groups in total. The summed E-state index contributed by atoms with van der Waals surface area (Å²) in [6, 6.07) is 0. The molecule has 2 rings (SSSR count). The number of carboxylic acid groups (broad SMARTS) is 1. The predicted molar refractivity (Wildman–Crippen MR) is 97.0 cm³/mol. The number of nitrogens with one attached hydrogen (secondary N) is 1. The third kappa shape index (κ3) is 6.77. The Morgan fingerprint density at radius 2 is 2.03 bits per heavy atom. The second kappa shape index (κ2) is 9.39. The summed E-state index contributed by atoms with van der Waals surface area (Å²) in [5, 5.41) is 12.2. The monoisotopic (exact) mass is 414 g/mol. The number of anilines is 1. The fourth-order valence-corrected chi connectivity index (χ4v) is 2.65. The van der Waals surface area contributed by atoms with Crippen molar-refractivity contribution in [3.05, 3.63) is 41.6 Å². The van der Waals surface area contributed by atoms with Crippen LogP contribution in [-0.2, 0) is 16.0 Å². The number of carbonyl (C=O) groups is 2. The van der Waals surface area contributed by atoms with E-state index in [-0.39, 0.29) is 17.9 Å². The fraction of sp³-hybridized carbons (Fsp3) is 0.444. The van der Waals surface area contributed by atoms with Crippen molar-refractivity contribution in [2.24, 2.45) is 5.92 Å². The van der Waals surface area contributed by atoms with Gasteiger partial charge in [0.2, 0.25) is 0 Å². The molecule has 0 saturated carbocycles. The highest BCUT2D eigenvalue weighted by Gasteiger charge is 2.30. The van der Waals surface area contributed by atoms with Crippen LogP contribution >= 0.6 is 0 Å². The van der Waals surface area contributed by atoms with Gasteiger partial charge in [-0.2, -0.15) is 13.2 Å². The summed E-state index contributed by atoms with van der Waals surface area (Å²) in [5.74, 6) is -1.76. The molecule has 1 heterocycles. The molecule has 29 heavy (non-hydrogen) atoms. The SMILES string of the molecule is CN(C)C(=O)OC1=CC=C(C(CNc2ncncc2CC(F)(F)F)C(=O)O)CC1. The van der Waals surface area contributed by atoms with Crippen molar-refractivity contribution in [1.29, 1.82) is 0 Å². The van der Waals surface area contributed by atoms with Crippen molar-refractivity contribution in [2.45, 2.75) is 25.4 Å². The largest absolute Gasteiger partial charge is 0.481 e. The summed E-state index contributed by atoms with van der Waals surface area (Å²) >= 11 is 0. The number of allylic oxidation sites excluding steroid dienone is 3. The number of amides is 1.